The lowest BCUT2D eigenvalue weighted by Gasteiger charge is -2.00. The van der Waals surface area contributed by atoms with Crippen LogP contribution < -0.4 is 5.73 Å². The lowest BCUT2D eigenvalue weighted by molar-refractivity contribution is 0.686. The van der Waals surface area contributed by atoms with Gasteiger partial charge in [0.15, 0.2) is 5.82 Å². The SMILES string of the molecule is Nc1ccc(-c2ncn(Cc3ccncc3)n2)cc1. The summed E-state index contributed by atoms with van der Waals surface area (Å²) >= 11 is 0. The number of nitrogens with zero attached hydrogens (tertiary/aromatic N) is 4. The second-order valence-electron chi connectivity index (χ2n) is 4.24. The van der Waals surface area contributed by atoms with E-state index in [0.29, 0.717) is 12.4 Å². The molecule has 0 aliphatic rings. The summed E-state index contributed by atoms with van der Waals surface area (Å²) in [4.78, 5) is 8.30. The van der Waals surface area contributed by atoms with Gasteiger partial charge in [0, 0.05) is 23.6 Å². The Morgan fingerprint density at radius 1 is 1.00 bits per heavy atom. The van der Waals surface area contributed by atoms with Gasteiger partial charge in [0.05, 0.1) is 6.54 Å². The minimum Gasteiger partial charge on any atom is -0.399 e. The van der Waals surface area contributed by atoms with Gasteiger partial charge in [-0.2, -0.15) is 5.10 Å². The minimum atomic E-state index is 0.685. The van der Waals surface area contributed by atoms with E-state index in [1.165, 1.54) is 0 Å². The van der Waals surface area contributed by atoms with E-state index in [1.54, 1.807) is 23.4 Å². The molecule has 2 N–H and O–H groups in total. The normalized spacial score (nSPS) is 10.5. The summed E-state index contributed by atoms with van der Waals surface area (Å²) in [5, 5.41) is 4.45. The first-order chi connectivity index (χ1) is 9.31. The van der Waals surface area contributed by atoms with Crippen molar-refractivity contribution in [3.63, 3.8) is 0 Å². The van der Waals surface area contributed by atoms with Crippen LogP contribution >= 0.6 is 0 Å². The molecule has 5 heteroatoms. The number of pyridine rings is 1. The number of anilines is 1. The fraction of sp³-hybridized carbons (Fsp3) is 0.0714. The Kier molecular flexibility index (Phi) is 2.94. The molecule has 0 atom stereocenters. The van der Waals surface area contributed by atoms with Gasteiger partial charge in [-0.15, -0.1) is 0 Å². The van der Waals surface area contributed by atoms with Crippen LogP contribution in [0.1, 0.15) is 5.56 Å². The predicted molar refractivity (Wildman–Crippen MR) is 73.2 cm³/mol. The van der Waals surface area contributed by atoms with E-state index in [-0.39, 0.29) is 0 Å². The van der Waals surface area contributed by atoms with Crippen molar-refractivity contribution in [3.8, 4) is 11.4 Å². The second-order valence-corrected chi connectivity index (χ2v) is 4.24. The maximum Gasteiger partial charge on any atom is 0.181 e. The highest BCUT2D eigenvalue weighted by Crippen LogP contribution is 2.16. The largest absolute Gasteiger partial charge is 0.399 e. The van der Waals surface area contributed by atoms with Gasteiger partial charge in [0.25, 0.3) is 0 Å². The summed E-state index contributed by atoms with van der Waals surface area (Å²) in [7, 11) is 0. The molecule has 0 amide bonds. The molecular weight excluding hydrogens is 238 g/mol. The van der Waals surface area contributed by atoms with Crippen molar-refractivity contribution in [2.45, 2.75) is 6.54 Å². The van der Waals surface area contributed by atoms with Gasteiger partial charge in [0.1, 0.15) is 6.33 Å². The first-order valence-electron chi connectivity index (χ1n) is 5.95. The molecule has 0 radical (unpaired) electrons. The highest BCUT2D eigenvalue weighted by molar-refractivity contribution is 5.57. The molecule has 19 heavy (non-hydrogen) atoms. The van der Waals surface area contributed by atoms with E-state index in [2.05, 4.69) is 15.1 Å². The van der Waals surface area contributed by atoms with Gasteiger partial charge in [0.2, 0.25) is 0 Å². The zero-order valence-corrected chi connectivity index (χ0v) is 10.3. The Labute approximate surface area is 110 Å². The molecule has 0 spiro atoms. The molecular formula is C14H13N5. The first kappa shape index (κ1) is 11.4. The van der Waals surface area contributed by atoms with Crippen LogP contribution in [-0.4, -0.2) is 19.7 Å². The van der Waals surface area contributed by atoms with E-state index in [1.807, 2.05) is 36.4 Å². The maximum atomic E-state index is 5.66. The van der Waals surface area contributed by atoms with E-state index >= 15 is 0 Å². The molecule has 5 nitrogen and oxygen atoms in total. The predicted octanol–water partition coefficient (Wildman–Crippen LogP) is 1.97. The van der Waals surface area contributed by atoms with Crippen molar-refractivity contribution in [3.05, 3.63) is 60.7 Å². The van der Waals surface area contributed by atoms with Gasteiger partial charge < -0.3 is 5.73 Å². The molecule has 0 fully saturated rings. The second kappa shape index (κ2) is 4.89. The summed E-state index contributed by atoms with van der Waals surface area (Å²) in [5.74, 6) is 0.703. The van der Waals surface area contributed by atoms with Crippen LogP contribution in [0.2, 0.25) is 0 Å². The third kappa shape index (κ3) is 2.60. The number of nitrogens with two attached hydrogens (primary N) is 1. The van der Waals surface area contributed by atoms with Crippen molar-refractivity contribution in [1.82, 2.24) is 19.7 Å². The van der Waals surface area contributed by atoms with Gasteiger partial charge in [-0.1, -0.05) is 0 Å². The van der Waals surface area contributed by atoms with Crippen molar-refractivity contribution in [1.29, 1.82) is 0 Å². The zero-order valence-electron chi connectivity index (χ0n) is 10.3. The van der Waals surface area contributed by atoms with Crippen LogP contribution in [0, 0.1) is 0 Å². The maximum absolute atomic E-state index is 5.66. The summed E-state index contributed by atoms with van der Waals surface area (Å²) in [5.41, 5.74) is 8.50. The number of nitrogen functional groups attached to an aromatic ring is 1. The molecule has 1 aromatic carbocycles. The van der Waals surface area contributed by atoms with Gasteiger partial charge in [-0.3, -0.25) is 4.98 Å². The Morgan fingerprint density at radius 3 is 2.47 bits per heavy atom. The van der Waals surface area contributed by atoms with Gasteiger partial charge in [-0.05, 0) is 42.0 Å². The Balaban J connectivity index is 1.82. The van der Waals surface area contributed by atoms with Crippen LogP contribution in [0.4, 0.5) is 5.69 Å². The fourth-order valence-corrected chi connectivity index (χ4v) is 1.81. The van der Waals surface area contributed by atoms with Crippen LogP contribution in [0.3, 0.4) is 0 Å². The average Bonchev–Trinajstić information content (AvgIpc) is 2.89. The lowest BCUT2D eigenvalue weighted by Crippen LogP contribution is -2.00. The lowest BCUT2D eigenvalue weighted by atomic mass is 10.2. The molecule has 0 saturated carbocycles. The molecule has 3 rings (SSSR count). The van der Waals surface area contributed by atoms with Crippen LogP contribution in [-0.2, 0) is 6.54 Å². The topological polar surface area (TPSA) is 69.6 Å². The highest BCUT2D eigenvalue weighted by Gasteiger charge is 2.04. The highest BCUT2D eigenvalue weighted by atomic mass is 15.3. The fourth-order valence-electron chi connectivity index (χ4n) is 1.81. The monoisotopic (exact) mass is 251 g/mol. The summed E-state index contributed by atoms with van der Waals surface area (Å²) in [6, 6.07) is 11.5. The zero-order chi connectivity index (χ0) is 13.1. The number of benzene rings is 1. The van der Waals surface area contributed by atoms with Gasteiger partial charge in [-0.25, -0.2) is 9.67 Å². The molecule has 0 aliphatic heterocycles. The molecule has 3 aromatic rings. The smallest absolute Gasteiger partial charge is 0.181 e. The van der Waals surface area contributed by atoms with E-state index in [9.17, 15) is 0 Å². The molecule has 0 bridgehead atoms. The number of rotatable bonds is 3. The first-order valence-corrected chi connectivity index (χ1v) is 5.95. The number of hydrogen-bond donors (Lipinski definition) is 1. The molecule has 0 saturated heterocycles. The third-order valence-corrected chi connectivity index (χ3v) is 2.80. The van der Waals surface area contributed by atoms with Crippen molar-refractivity contribution in [2.24, 2.45) is 0 Å². The minimum absolute atomic E-state index is 0.685. The Bertz CT molecular complexity index is 658. The third-order valence-electron chi connectivity index (χ3n) is 2.80. The summed E-state index contributed by atoms with van der Waals surface area (Å²) < 4.78 is 1.81. The molecule has 0 unspecified atom stereocenters. The average molecular weight is 251 g/mol. The number of aromatic nitrogens is 4. The standard InChI is InChI=1S/C14H13N5/c15-13-3-1-12(2-4-13)14-17-10-19(18-14)9-11-5-7-16-8-6-11/h1-8,10H,9,15H2. The van der Waals surface area contributed by atoms with Crippen molar-refractivity contribution < 1.29 is 0 Å². The van der Waals surface area contributed by atoms with E-state index < -0.39 is 0 Å². The van der Waals surface area contributed by atoms with E-state index in [0.717, 1.165) is 16.8 Å². The quantitative estimate of drug-likeness (QED) is 0.722. The Morgan fingerprint density at radius 2 is 1.74 bits per heavy atom. The van der Waals surface area contributed by atoms with Crippen molar-refractivity contribution >= 4 is 5.69 Å². The van der Waals surface area contributed by atoms with Gasteiger partial charge >= 0.3 is 0 Å². The molecule has 2 aromatic heterocycles. The van der Waals surface area contributed by atoms with Crippen LogP contribution in [0.15, 0.2) is 55.1 Å². The Hall–Kier alpha value is -2.69. The van der Waals surface area contributed by atoms with Crippen molar-refractivity contribution in [2.75, 3.05) is 5.73 Å². The van der Waals surface area contributed by atoms with Crippen LogP contribution in [0.5, 0.6) is 0 Å². The molecule has 94 valence electrons. The number of hydrogen-bond acceptors (Lipinski definition) is 4. The van der Waals surface area contributed by atoms with Crippen LogP contribution in [0.25, 0.3) is 11.4 Å². The molecule has 2 heterocycles. The summed E-state index contributed by atoms with van der Waals surface area (Å²) in [6.45, 7) is 0.685. The molecule has 0 aliphatic carbocycles. The summed E-state index contributed by atoms with van der Waals surface area (Å²) in [6.07, 6.45) is 5.27. The van der Waals surface area contributed by atoms with E-state index in [4.69, 9.17) is 5.73 Å².